The van der Waals surface area contributed by atoms with E-state index in [0.29, 0.717) is 42.8 Å². The van der Waals surface area contributed by atoms with Gasteiger partial charge in [0.1, 0.15) is 5.60 Å². The molecular formula is C22H30N6O3S. The number of rotatable bonds is 4. The second kappa shape index (κ2) is 8.73. The SMILES string of the molecule is CSc1ncc2c(n1)-c1c(c(C(N)=O)nn1CC1CCN(C(=O)OC(C)(C)C)CC1)CC2. The number of nitrogens with two attached hydrogens (primary N) is 1. The van der Waals surface area contributed by atoms with Gasteiger partial charge < -0.3 is 15.4 Å². The maximum atomic E-state index is 12.4. The molecule has 2 amide bonds. The molecule has 0 saturated carbocycles. The molecule has 1 aliphatic heterocycles. The van der Waals surface area contributed by atoms with Crippen molar-refractivity contribution >= 4 is 23.8 Å². The fourth-order valence-corrected chi connectivity index (χ4v) is 4.68. The van der Waals surface area contributed by atoms with E-state index in [1.807, 2.05) is 37.9 Å². The van der Waals surface area contributed by atoms with Crippen molar-refractivity contribution in [2.75, 3.05) is 19.3 Å². The zero-order valence-corrected chi connectivity index (χ0v) is 19.9. The lowest BCUT2D eigenvalue weighted by atomic mass is 9.92. The molecule has 4 rings (SSSR count). The average molecular weight is 459 g/mol. The second-order valence-electron chi connectivity index (χ2n) is 9.36. The summed E-state index contributed by atoms with van der Waals surface area (Å²) in [5.74, 6) is -0.187. The summed E-state index contributed by atoms with van der Waals surface area (Å²) in [5, 5.41) is 5.30. The van der Waals surface area contributed by atoms with Crippen LogP contribution in [0.25, 0.3) is 11.4 Å². The number of carbonyl (C=O) groups excluding carboxylic acids is 2. The minimum absolute atomic E-state index is 0.265. The van der Waals surface area contributed by atoms with Gasteiger partial charge in [0.25, 0.3) is 5.91 Å². The third kappa shape index (κ3) is 4.60. The van der Waals surface area contributed by atoms with Crippen LogP contribution in [0, 0.1) is 5.92 Å². The van der Waals surface area contributed by atoms with Crippen molar-refractivity contribution in [1.29, 1.82) is 0 Å². The van der Waals surface area contributed by atoms with Crippen LogP contribution in [0.1, 0.15) is 55.2 Å². The van der Waals surface area contributed by atoms with E-state index in [9.17, 15) is 9.59 Å². The molecule has 2 aromatic heterocycles. The average Bonchev–Trinajstić information content (AvgIpc) is 3.11. The summed E-state index contributed by atoms with van der Waals surface area (Å²) < 4.78 is 7.40. The highest BCUT2D eigenvalue weighted by molar-refractivity contribution is 7.98. The molecule has 0 unspecified atom stereocenters. The standard InChI is InChI=1S/C22H30N6O3S/c1-22(2,3)31-21(30)27-9-7-13(8-10-27)12-28-18-15(17(26-28)19(23)29)6-5-14-11-24-20(32-4)25-16(14)18/h11,13H,5-10,12H2,1-4H3,(H2,23,29). The molecule has 172 valence electrons. The molecular weight excluding hydrogens is 428 g/mol. The van der Waals surface area contributed by atoms with Crippen LogP contribution in [0.15, 0.2) is 11.4 Å². The van der Waals surface area contributed by atoms with Gasteiger partial charge >= 0.3 is 6.09 Å². The monoisotopic (exact) mass is 458 g/mol. The fraction of sp³-hybridized carbons (Fsp3) is 0.591. The van der Waals surface area contributed by atoms with Gasteiger partial charge in [0, 0.05) is 31.4 Å². The van der Waals surface area contributed by atoms with Gasteiger partial charge in [-0.05, 0) is 64.2 Å². The van der Waals surface area contributed by atoms with Crippen LogP contribution < -0.4 is 5.73 Å². The highest BCUT2D eigenvalue weighted by Gasteiger charge is 2.32. The van der Waals surface area contributed by atoms with Crippen molar-refractivity contribution in [1.82, 2.24) is 24.6 Å². The molecule has 32 heavy (non-hydrogen) atoms. The van der Waals surface area contributed by atoms with Crippen LogP contribution in [0.2, 0.25) is 0 Å². The lowest BCUT2D eigenvalue weighted by Gasteiger charge is -2.33. The molecule has 1 aliphatic carbocycles. The summed E-state index contributed by atoms with van der Waals surface area (Å²) in [6.45, 7) is 7.55. The van der Waals surface area contributed by atoms with E-state index in [1.54, 1.807) is 4.90 Å². The van der Waals surface area contributed by atoms with Gasteiger partial charge in [-0.2, -0.15) is 5.10 Å². The summed E-state index contributed by atoms with van der Waals surface area (Å²) in [4.78, 5) is 35.4. The van der Waals surface area contributed by atoms with Crippen LogP contribution >= 0.6 is 11.8 Å². The van der Waals surface area contributed by atoms with Gasteiger partial charge in [-0.3, -0.25) is 9.48 Å². The van der Waals surface area contributed by atoms with Crippen LogP contribution in [0.3, 0.4) is 0 Å². The zero-order valence-electron chi connectivity index (χ0n) is 19.1. The molecule has 9 nitrogen and oxygen atoms in total. The Hall–Kier alpha value is -2.62. The van der Waals surface area contributed by atoms with E-state index in [2.05, 4.69) is 10.1 Å². The molecule has 0 aromatic carbocycles. The molecule has 3 heterocycles. The highest BCUT2D eigenvalue weighted by atomic mass is 32.2. The molecule has 0 bridgehead atoms. The summed E-state index contributed by atoms with van der Waals surface area (Å²) in [7, 11) is 0. The molecule has 1 saturated heterocycles. The number of thioether (sulfide) groups is 1. The van der Waals surface area contributed by atoms with E-state index < -0.39 is 11.5 Å². The van der Waals surface area contributed by atoms with Crippen molar-refractivity contribution in [3.63, 3.8) is 0 Å². The van der Waals surface area contributed by atoms with Gasteiger partial charge in [-0.25, -0.2) is 14.8 Å². The first-order chi connectivity index (χ1) is 15.2. The largest absolute Gasteiger partial charge is 0.444 e. The van der Waals surface area contributed by atoms with E-state index >= 15 is 0 Å². The Labute approximate surface area is 192 Å². The van der Waals surface area contributed by atoms with Gasteiger partial charge in [0.15, 0.2) is 10.9 Å². The summed E-state index contributed by atoms with van der Waals surface area (Å²) in [5.41, 5.74) is 9.15. The van der Waals surface area contributed by atoms with E-state index in [0.717, 1.165) is 41.8 Å². The third-order valence-electron chi connectivity index (χ3n) is 5.87. The highest BCUT2D eigenvalue weighted by Crippen LogP contribution is 2.35. The topological polar surface area (TPSA) is 116 Å². The molecule has 1 fully saturated rings. The number of hydrogen-bond donors (Lipinski definition) is 1. The second-order valence-corrected chi connectivity index (χ2v) is 10.1. The number of nitrogens with zero attached hydrogens (tertiary/aromatic N) is 5. The maximum Gasteiger partial charge on any atom is 0.410 e. The number of hydrogen-bond acceptors (Lipinski definition) is 7. The Bertz CT molecular complexity index is 1040. The normalized spacial score (nSPS) is 16.4. The summed E-state index contributed by atoms with van der Waals surface area (Å²) in [6.07, 6.45) is 6.68. The Morgan fingerprint density at radius 1 is 1.25 bits per heavy atom. The predicted octanol–water partition coefficient (Wildman–Crippen LogP) is 2.91. The minimum atomic E-state index is -0.512. The van der Waals surface area contributed by atoms with Crippen molar-refractivity contribution < 1.29 is 14.3 Å². The van der Waals surface area contributed by atoms with Gasteiger partial charge in [-0.15, -0.1) is 0 Å². The summed E-state index contributed by atoms with van der Waals surface area (Å²) in [6, 6.07) is 0. The number of aryl methyl sites for hydroxylation is 1. The van der Waals surface area contributed by atoms with Crippen molar-refractivity contribution in [3.05, 3.63) is 23.0 Å². The number of amides is 2. The van der Waals surface area contributed by atoms with Crippen LogP contribution in [0.5, 0.6) is 0 Å². The van der Waals surface area contributed by atoms with E-state index in [1.165, 1.54) is 11.8 Å². The lowest BCUT2D eigenvalue weighted by Crippen LogP contribution is -2.42. The molecule has 2 N–H and O–H groups in total. The van der Waals surface area contributed by atoms with Crippen LogP contribution in [0.4, 0.5) is 4.79 Å². The molecule has 2 aliphatic rings. The number of likely N-dealkylation sites (tertiary alicyclic amines) is 1. The fourth-order valence-electron chi connectivity index (χ4n) is 4.34. The van der Waals surface area contributed by atoms with E-state index in [-0.39, 0.29) is 6.09 Å². The third-order valence-corrected chi connectivity index (χ3v) is 6.44. The maximum absolute atomic E-state index is 12.4. The number of carbonyl (C=O) groups is 2. The van der Waals surface area contributed by atoms with Gasteiger partial charge in [-0.1, -0.05) is 11.8 Å². The molecule has 0 radical (unpaired) electrons. The van der Waals surface area contributed by atoms with Crippen molar-refractivity contribution in [2.24, 2.45) is 11.7 Å². The quantitative estimate of drug-likeness (QED) is 0.553. The Kier molecular flexibility index (Phi) is 6.15. The van der Waals surface area contributed by atoms with E-state index in [4.69, 9.17) is 15.5 Å². The minimum Gasteiger partial charge on any atom is -0.444 e. The lowest BCUT2D eigenvalue weighted by molar-refractivity contribution is 0.0177. The number of ether oxygens (including phenoxy) is 1. The van der Waals surface area contributed by atoms with Crippen molar-refractivity contribution in [2.45, 2.75) is 63.8 Å². The van der Waals surface area contributed by atoms with Gasteiger partial charge in [0.05, 0.1) is 11.4 Å². The van der Waals surface area contributed by atoms with Crippen LogP contribution in [-0.2, 0) is 24.1 Å². The Balaban J connectivity index is 1.56. The predicted molar refractivity (Wildman–Crippen MR) is 121 cm³/mol. The first kappa shape index (κ1) is 22.6. The first-order valence-electron chi connectivity index (χ1n) is 10.9. The molecule has 2 aromatic rings. The number of fused-ring (bicyclic) bond motifs is 3. The molecule has 10 heteroatoms. The Morgan fingerprint density at radius 2 is 1.97 bits per heavy atom. The number of piperidine rings is 1. The van der Waals surface area contributed by atoms with Crippen molar-refractivity contribution in [3.8, 4) is 11.4 Å². The number of primary amides is 1. The zero-order chi connectivity index (χ0) is 23.0. The Morgan fingerprint density at radius 3 is 2.59 bits per heavy atom. The number of aromatic nitrogens is 4. The molecule has 0 spiro atoms. The molecule has 0 atom stereocenters. The van der Waals surface area contributed by atoms with Crippen LogP contribution in [-0.4, -0.2) is 61.6 Å². The first-order valence-corrected chi connectivity index (χ1v) is 12.2. The smallest absolute Gasteiger partial charge is 0.410 e. The van der Waals surface area contributed by atoms with Gasteiger partial charge in [0.2, 0.25) is 0 Å². The summed E-state index contributed by atoms with van der Waals surface area (Å²) >= 11 is 1.48.